The lowest BCUT2D eigenvalue weighted by Gasteiger charge is -2.13. The van der Waals surface area contributed by atoms with Crippen molar-refractivity contribution in [2.45, 2.75) is 57.8 Å². The number of fused-ring (bicyclic) bond motifs is 1. The summed E-state index contributed by atoms with van der Waals surface area (Å²) in [6.45, 7) is 0.553. The Labute approximate surface area is 147 Å². The second-order valence-electron chi connectivity index (χ2n) is 6.18. The molecular formula is C19H26BrNO2. The molecule has 0 aliphatic carbocycles. The molecule has 1 heterocycles. The Morgan fingerprint density at radius 2 is 1.13 bits per heavy atom. The zero-order valence-corrected chi connectivity index (χ0v) is 15.3. The molecule has 2 rings (SSSR count). The fraction of sp³-hybridized carbons (Fsp3) is 0.579. The number of unbranched alkanes of at least 4 members (excludes halogenated alkanes) is 8. The molecule has 1 aliphatic heterocycles. The number of hydrogen-bond donors (Lipinski definition) is 0. The summed E-state index contributed by atoms with van der Waals surface area (Å²) in [6.07, 6.45) is 11.0. The quantitative estimate of drug-likeness (QED) is 0.301. The van der Waals surface area contributed by atoms with Gasteiger partial charge in [-0.25, -0.2) is 0 Å². The molecule has 0 radical (unpaired) electrons. The standard InChI is InChI=1S/C19H26BrNO2/c20-14-10-6-4-2-1-3-5-7-11-15-21-18(22)16-12-8-9-13-17(16)19(21)23/h8-9,12-13H,1-7,10-11,14-15H2. The van der Waals surface area contributed by atoms with E-state index in [4.69, 9.17) is 0 Å². The molecule has 0 saturated heterocycles. The highest BCUT2D eigenvalue weighted by Crippen LogP contribution is 2.23. The highest BCUT2D eigenvalue weighted by molar-refractivity contribution is 9.09. The van der Waals surface area contributed by atoms with Gasteiger partial charge in [0.2, 0.25) is 0 Å². The molecule has 0 aromatic heterocycles. The van der Waals surface area contributed by atoms with Gasteiger partial charge in [0.15, 0.2) is 0 Å². The molecule has 4 heteroatoms. The van der Waals surface area contributed by atoms with E-state index in [0.29, 0.717) is 17.7 Å². The first-order valence-corrected chi connectivity index (χ1v) is 9.89. The number of benzene rings is 1. The fourth-order valence-electron chi connectivity index (χ4n) is 3.04. The van der Waals surface area contributed by atoms with Crippen molar-refractivity contribution < 1.29 is 9.59 Å². The highest BCUT2D eigenvalue weighted by Gasteiger charge is 2.34. The Morgan fingerprint density at radius 3 is 1.61 bits per heavy atom. The molecule has 0 bridgehead atoms. The van der Waals surface area contributed by atoms with Crippen molar-refractivity contribution in [3.05, 3.63) is 35.4 Å². The predicted octanol–water partition coefficient (Wildman–Crippen LogP) is 5.19. The number of hydrogen-bond acceptors (Lipinski definition) is 2. The first-order valence-electron chi connectivity index (χ1n) is 8.77. The molecule has 1 aromatic carbocycles. The normalized spacial score (nSPS) is 13.7. The van der Waals surface area contributed by atoms with E-state index in [1.165, 1.54) is 49.8 Å². The van der Waals surface area contributed by atoms with Crippen LogP contribution in [0.25, 0.3) is 0 Å². The van der Waals surface area contributed by atoms with E-state index in [1.807, 2.05) is 12.1 Å². The van der Waals surface area contributed by atoms with Gasteiger partial charge in [0.1, 0.15) is 0 Å². The SMILES string of the molecule is O=C1c2ccccc2C(=O)N1CCCCCCCCCCCBr. The molecule has 0 saturated carbocycles. The number of alkyl halides is 1. The zero-order valence-electron chi connectivity index (χ0n) is 13.7. The molecule has 3 nitrogen and oxygen atoms in total. The molecule has 0 spiro atoms. The van der Waals surface area contributed by atoms with Gasteiger partial charge in [-0.15, -0.1) is 0 Å². The molecule has 23 heavy (non-hydrogen) atoms. The van der Waals surface area contributed by atoms with Crippen molar-refractivity contribution in [2.75, 3.05) is 11.9 Å². The average Bonchev–Trinajstić information content (AvgIpc) is 2.81. The van der Waals surface area contributed by atoms with Crippen molar-refractivity contribution in [1.82, 2.24) is 4.90 Å². The third-order valence-corrected chi connectivity index (χ3v) is 4.95. The minimum atomic E-state index is -0.127. The van der Waals surface area contributed by atoms with Crippen molar-refractivity contribution >= 4 is 27.7 Å². The number of carbonyl (C=O) groups excluding carboxylic acids is 2. The average molecular weight is 380 g/mol. The van der Waals surface area contributed by atoms with Crippen LogP contribution in [0.5, 0.6) is 0 Å². The van der Waals surface area contributed by atoms with Crippen LogP contribution in [0.15, 0.2) is 24.3 Å². The predicted molar refractivity (Wildman–Crippen MR) is 97.2 cm³/mol. The van der Waals surface area contributed by atoms with Crippen LogP contribution in [0, 0.1) is 0 Å². The smallest absolute Gasteiger partial charge is 0.261 e. The van der Waals surface area contributed by atoms with E-state index in [-0.39, 0.29) is 11.8 Å². The van der Waals surface area contributed by atoms with Gasteiger partial charge < -0.3 is 0 Å². The molecule has 2 amide bonds. The summed E-state index contributed by atoms with van der Waals surface area (Å²) in [4.78, 5) is 25.8. The van der Waals surface area contributed by atoms with Gasteiger partial charge in [0, 0.05) is 11.9 Å². The third-order valence-electron chi connectivity index (χ3n) is 4.39. The van der Waals surface area contributed by atoms with Crippen LogP contribution in [-0.2, 0) is 0 Å². The van der Waals surface area contributed by atoms with E-state index in [0.717, 1.165) is 18.2 Å². The number of rotatable bonds is 11. The van der Waals surface area contributed by atoms with Crippen molar-refractivity contribution in [1.29, 1.82) is 0 Å². The molecule has 0 N–H and O–H groups in total. The van der Waals surface area contributed by atoms with E-state index < -0.39 is 0 Å². The summed E-state index contributed by atoms with van der Waals surface area (Å²) in [6, 6.07) is 7.10. The van der Waals surface area contributed by atoms with E-state index in [1.54, 1.807) is 12.1 Å². The molecular weight excluding hydrogens is 354 g/mol. The van der Waals surface area contributed by atoms with E-state index >= 15 is 0 Å². The monoisotopic (exact) mass is 379 g/mol. The highest BCUT2D eigenvalue weighted by atomic mass is 79.9. The van der Waals surface area contributed by atoms with Gasteiger partial charge in [-0.3, -0.25) is 14.5 Å². The lowest BCUT2D eigenvalue weighted by Crippen LogP contribution is -2.30. The topological polar surface area (TPSA) is 37.4 Å². The van der Waals surface area contributed by atoms with Crippen LogP contribution in [0.2, 0.25) is 0 Å². The van der Waals surface area contributed by atoms with E-state index in [2.05, 4.69) is 15.9 Å². The molecule has 0 unspecified atom stereocenters. The number of imide groups is 1. The van der Waals surface area contributed by atoms with Gasteiger partial charge in [-0.2, -0.15) is 0 Å². The molecule has 1 aliphatic rings. The summed E-state index contributed by atoms with van der Waals surface area (Å²) in [5, 5.41) is 1.12. The maximum atomic E-state index is 12.2. The number of nitrogens with zero attached hydrogens (tertiary/aromatic N) is 1. The van der Waals surface area contributed by atoms with Crippen LogP contribution < -0.4 is 0 Å². The molecule has 0 fully saturated rings. The minimum absolute atomic E-state index is 0.127. The largest absolute Gasteiger partial charge is 0.274 e. The van der Waals surface area contributed by atoms with E-state index in [9.17, 15) is 9.59 Å². The lowest BCUT2D eigenvalue weighted by atomic mass is 10.1. The van der Waals surface area contributed by atoms with Crippen LogP contribution in [0.1, 0.15) is 78.5 Å². The van der Waals surface area contributed by atoms with Crippen molar-refractivity contribution in [3.8, 4) is 0 Å². The Morgan fingerprint density at radius 1 is 0.696 bits per heavy atom. The van der Waals surface area contributed by atoms with Crippen LogP contribution in [0.4, 0.5) is 0 Å². The van der Waals surface area contributed by atoms with Crippen molar-refractivity contribution in [3.63, 3.8) is 0 Å². The lowest BCUT2D eigenvalue weighted by molar-refractivity contribution is 0.0651. The molecule has 1 aromatic rings. The zero-order chi connectivity index (χ0) is 16.5. The first kappa shape index (κ1) is 18.2. The fourth-order valence-corrected chi connectivity index (χ4v) is 3.44. The summed E-state index contributed by atoms with van der Waals surface area (Å²) in [5.74, 6) is -0.255. The van der Waals surface area contributed by atoms with Gasteiger partial charge in [0.05, 0.1) is 11.1 Å². The Balaban J connectivity index is 1.57. The van der Waals surface area contributed by atoms with Crippen LogP contribution in [-0.4, -0.2) is 28.6 Å². The summed E-state index contributed by atoms with van der Waals surface area (Å²) < 4.78 is 0. The third kappa shape index (κ3) is 5.17. The van der Waals surface area contributed by atoms with Gasteiger partial charge >= 0.3 is 0 Å². The second kappa shape index (κ2) is 9.86. The first-order chi connectivity index (χ1) is 11.3. The maximum absolute atomic E-state index is 12.2. The number of halogens is 1. The summed E-state index contributed by atoms with van der Waals surface area (Å²) in [5.41, 5.74) is 1.11. The summed E-state index contributed by atoms with van der Waals surface area (Å²) in [7, 11) is 0. The maximum Gasteiger partial charge on any atom is 0.261 e. The van der Waals surface area contributed by atoms with Gasteiger partial charge in [-0.05, 0) is 25.0 Å². The molecule has 126 valence electrons. The van der Waals surface area contributed by atoms with Crippen molar-refractivity contribution in [2.24, 2.45) is 0 Å². The summed E-state index contributed by atoms with van der Waals surface area (Å²) >= 11 is 3.45. The minimum Gasteiger partial charge on any atom is -0.274 e. The molecule has 0 atom stereocenters. The second-order valence-corrected chi connectivity index (χ2v) is 6.97. The van der Waals surface area contributed by atoms with Gasteiger partial charge in [-0.1, -0.05) is 73.0 Å². The Hall–Kier alpha value is -1.16. The van der Waals surface area contributed by atoms with Crippen LogP contribution >= 0.6 is 15.9 Å². The number of amides is 2. The Bertz CT molecular complexity index is 495. The Kier molecular flexibility index (Phi) is 7.80. The number of carbonyl (C=O) groups is 2. The van der Waals surface area contributed by atoms with Crippen LogP contribution in [0.3, 0.4) is 0 Å². The van der Waals surface area contributed by atoms with Gasteiger partial charge in [0.25, 0.3) is 11.8 Å².